The molecule has 2 aliphatic rings. The predicted octanol–water partition coefficient (Wildman–Crippen LogP) is 7.53. The van der Waals surface area contributed by atoms with Gasteiger partial charge < -0.3 is 9.84 Å². The maximum atomic E-state index is 11.1. The number of fused-ring (bicyclic) bond motifs is 2. The normalized spacial score (nSPS) is 23.1. The Morgan fingerprint density at radius 3 is 2.50 bits per heavy atom. The number of phenolic OH excluding ortho intramolecular Hbond substituents is 1. The first kappa shape index (κ1) is 21.3. The summed E-state index contributed by atoms with van der Waals surface area (Å²) in [4.78, 5) is 0. The number of aromatic hydroxyl groups is 1. The number of aryl methyl sites for hydroxylation is 1. The number of phenols is 1. The van der Waals surface area contributed by atoms with E-state index in [4.69, 9.17) is 4.74 Å². The molecule has 1 aliphatic carbocycles. The molecule has 1 heterocycles. The Morgan fingerprint density at radius 1 is 1.14 bits per heavy atom. The van der Waals surface area contributed by atoms with Gasteiger partial charge in [0.2, 0.25) is 0 Å². The number of unbranched alkanes of at least 4 members (excludes halogenated alkanes) is 2. The fourth-order valence-electron chi connectivity index (χ4n) is 5.01. The van der Waals surface area contributed by atoms with E-state index >= 15 is 0 Å². The van der Waals surface area contributed by atoms with Gasteiger partial charge in [-0.2, -0.15) is 0 Å². The molecule has 0 aromatic heterocycles. The molecule has 0 saturated heterocycles. The lowest BCUT2D eigenvalue weighted by molar-refractivity contribution is 0.0111. The predicted molar refractivity (Wildman–Crippen MR) is 119 cm³/mol. The van der Waals surface area contributed by atoms with E-state index in [0.29, 0.717) is 17.6 Å². The minimum absolute atomic E-state index is 0.0713. The highest BCUT2D eigenvalue weighted by Crippen LogP contribution is 2.56. The van der Waals surface area contributed by atoms with Crippen LogP contribution < -0.4 is 4.74 Å². The van der Waals surface area contributed by atoms with Gasteiger partial charge in [-0.3, -0.25) is 0 Å². The number of ether oxygens (including phenoxy) is 1. The van der Waals surface area contributed by atoms with Gasteiger partial charge >= 0.3 is 0 Å². The van der Waals surface area contributed by atoms with Crippen molar-refractivity contribution >= 4 is 5.57 Å². The van der Waals surface area contributed by atoms with E-state index in [9.17, 15) is 5.11 Å². The van der Waals surface area contributed by atoms with Crippen molar-refractivity contribution in [1.82, 2.24) is 0 Å². The molecule has 0 saturated carbocycles. The van der Waals surface area contributed by atoms with Gasteiger partial charge in [0.05, 0.1) is 5.56 Å². The van der Waals surface area contributed by atoms with Crippen molar-refractivity contribution in [3.8, 4) is 11.5 Å². The van der Waals surface area contributed by atoms with Gasteiger partial charge in [-0.15, -0.1) is 0 Å². The van der Waals surface area contributed by atoms with Crippen LogP contribution in [0.15, 0.2) is 17.7 Å². The highest BCUT2D eigenvalue weighted by molar-refractivity contribution is 5.80. The first-order valence-corrected chi connectivity index (χ1v) is 11.4. The van der Waals surface area contributed by atoms with Crippen LogP contribution in [0.25, 0.3) is 5.57 Å². The number of hydrogen-bond donors (Lipinski definition) is 1. The molecule has 0 spiro atoms. The minimum atomic E-state index is -0.321. The van der Waals surface area contributed by atoms with Gasteiger partial charge in [0, 0.05) is 5.41 Å². The monoisotopic (exact) mass is 384 g/mol. The Kier molecular flexibility index (Phi) is 5.90. The fraction of sp³-hybridized carbons (Fsp3) is 0.692. The summed E-state index contributed by atoms with van der Waals surface area (Å²) in [5.41, 5.74) is 4.61. The van der Waals surface area contributed by atoms with Crippen LogP contribution >= 0.6 is 0 Å². The largest absolute Gasteiger partial charge is 0.507 e. The van der Waals surface area contributed by atoms with Gasteiger partial charge in [0.15, 0.2) is 0 Å². The third kappa shape index (κ3) is 3.72. The molecule has 2 heteroatoms. The lowest BCUT2D eigenvalue weighted by Crippen LogP contribution is -2.45. The van der Waals surface area contributed by atoms with E-state index in [1.807, 2.05) is 6.07 Å². The number of benzene rings is 1. The summed E-state index contributed by atoms with van der Waals surface area (Å²) in [6.07, 6.45) is 7.99. The quantitative estimate of drug-likeness (QED) is 0.532. The molecule has 156 valence electrons. The average molecular weight is 385 g/mol. The minimum Gasteiger partial charge on any atom is -0.507 e. The van der Waals surface area contributed by atoms with Crippen molar-refractivity contribution in [3.05, 3.63) is 28.8 Å². The maximum Gasteiger partial charge on any atom is 0.131 e. The maximum absolute atomic E-state index is 11.1. The SMILES string of the molecule is CCCCCc1cc(O)c2c(c1)OC(C)(C)C(C)(C)C1=C2CC(C(C)C)CC1. The van der Waals surface area contributed by atoms with Crippen LogP contribution in [-0.4, -0.2) is 10.7 Å². The molecular weight excluding hydrogens is 344 g/mol. The van der Waals surface area contributed by atoms with Crippen molar-refractivity contribution in [3.63, 3.8) is 0 Å². The molecule has 1 aliphatic heterocycles. The third-order valence-corrected chi connectivity index (χ3v) is 7.68. The number of allylic oxidation sites excluding steroid dienone is 1. The Bertz CT molecular complexity index is 752. The molecule has 2 nitrogen and oxygen atoms in total. The summed E-state index contributed by atoms with van der Waals surface area (Å²) >= 11 is 0. The van der Waals surface area contributed by atoms with Crippen molar-refractivity contribution in [1.29, 1.82) is 0 Å². The summed E-state index contributed by atoms with van der Waals surface area (Å²) < 4.78 is 6.67. The topological polar surface area (TPSA) is 29.5 Å². The fourth-order valence-corrected chi connectivity index (χ4v) is 5.01. The second-order valence-corrected chi connectivity index (χ2v) is 10.4. The zero-order valence-electron chi connectivity index (χ0n) is 19.1. The van der Waals surface area contributed by atoms with E-state index in [-0.39, 0.29) is 11.0 Å². The van der Waals surface area contributed by atoms with Gasteiger partial charge in [0.25, 0.3) is 0 Å². The molecule has 0 bridgehead atoms. The summed E-state index contributed by atoms with van der Waals surface area (Å²) in [5.74, 6) is 2.63. The number of rotatable bonds is 5. The molecule has 1 aromatic carbocycles. The van der Waals surface area contributed by atoms with Gasteiger partial charge in [-0.05, 0) is 81.1 Å². The van der Waals surface area contributed by atoms with E-state index in [1.54, 1.807) is 0 Å². The Morgan fingerprint density at radius 2 is 1.86 bits per heavy atom. The Hall–Kier alpha value is -1.44. The van der Waals surface area contributed by atoms with Crippen LogP contribution in [0.3, 0.4) is 0 Å². The van der Waals surface area contributed by atoms with Crippen LogP contribution in [0.2, 0.25) is 0 Å². The molecule has 0 radical (unpaired) electrons. The number of hydrogen-bond acceptors (Lipinski definition) is 2. The van der Waals surface area contributed by atoms with Crippen LogP contribution in [0.1, 0.15) is 98.1 Å². The van der Waals surface area contributed by atoms with E-state index in [0.717, 1.165) is 37.0 Å². The standard InChI is InChI=1S/C26H40O2/c1-8-9-10-11-18-14-22(27)24-20-16-19(17(2)3)12-13-21(20)25(4,5)26(6,7)28-23(24)15-18/h14-15,17,19,27H,8-13,16H2,1-7H3. The molecule has 1 atom stereocenters. The Balaban J connectivity index is 2.13. The lowest BCUT2D eigenvalue weighted by Gasteiger charge is -2.44. The first-order valence-electron chi connectivity index (χ1n) is 11.4. The summed E-state index contributed by atoms with van der Waals surface area (Å²) in [6.45, 7) is 16.0. The van der Waals surface area contributed by atoms with E-state index in [2.05, 4.69) is 54.5 Å². The van der Waals surface area contributed by atoms with Crippen molar-refractivity contribution in [2.45, 2.75) is 99.0 Å². The van der Waals surface area contributed by atoms with Gasteiger partial charge in [0.1, 0.15) is 17.1 Å². The third-order valence-electron chi connectivity index (χ3n) is 7.68. The Labute approximate surface area is 172 Å². The summed E-state index contributed by atoms with van der Waals surface area (Å²) in [6, 6.07) is 4.20. The van der Waals surface area contributed by atoms with Gasteiger partial charge in [-0.25, -0.2) is 0 Å². The molecule has 28 heavy (non-hydrogen) atoms. The van der Waals surface area contributed by atoms with Crippen molar-refractivity contribution in [2.75, 3.05) is 0 Å². The van der Waals surface area contributed by atoms with Crippen LogP contribution in [-0.2, 0) is 6.42 Å². The summed E-state index contributed by atoms with van der Waals surface area (Å²) in [5, 5.41) is 11.1. The van der Waals surface area contributed by atoms with Crippen LogP contribution in [0, 0.1) is 17.3 Å². The molecule has 0 fully saturated rings. The van der Waals surface area contributed by atoms with E-state index < -0.39 is 0 Å². The van der Waals surface area contributed by atoms with Crippen molar-refractivity contribution < 1.29 is 9.84 Å². The second-order valence-electron chi connectivity index (χ2n) is 10.4. The molecule has 1 N–H and O–H groups in total. The molecule has 1 unspecified atom stereocenters. The van der Waals surface area contributed by atoms with Crippen LogP contribution in [0.4, 0.5) is 0 Å². The zero-order chi connectivity index (χ0) is 20.7. The van der Waals surface area contributed by atoms with Gasteiger partial charge in [-0.1, -0.05) is 53.0 Å². The zero-order valence-corrected chi connectivity index (χ0v) is 19.1. The summed E-state index contributed by atoms with van der Waals surface area (Å²) in [7, 11) is 0. The smallest absolute Gasteiger partial charge is 0.131 e. The highest BCUT2D eigenvalue weighted by Gasteiger charge is 2.47. The highest BCUT2D eigenvalue weighted by atomic mass is 16.5. The van der Waals surface area contributed by atoms with E-state index in [1.165, 1.54) is 36.0 Å². The van der Waals surface area contributed by atoms with Crippen LogP contribution in [0.5, 0.6) is 11.5 Å². The first-order chi connectivity index (χ1) is 13.1. The average Bonchev–Trinajstić information content (AvgIpc) is 2.66. The molecule has 0 amide bonds. The molecule has 1 aromatic rings. The lowest BCUT2D eigenvalue weighted by atomic mass is 9.64. The second kappa shape index (κ2) is 7.76. The molecular formula is C26H40O2. The van der Waals surface area contributed by atoms with Crippen molar-refractivity contribution in [2.24, 2.45) is 17.3 Å². The molecule has 3 rings (SSSR count).